The molecule has 1 aliphatic heterocycles. The van der Waals surface area contributed by atoms with Crippen molar-refractivity contribution in [2.45, 2.75) is 70.4 Å². The van der Waals surface area contributed by atoms with Crippen molar-refractivity contribution < 1.29 is 27.5 Å². The monoisotopic (exact) mass is 513 g/mol. The van der Waals surface area contributed by atoms with Crippen LogP contribution in [0.15, 0.2) is 47.4 Å². The molecule has 0 saturated heterocycles. The first-order valence-electron chi connectivity index (χ1n) is 12.1. The molecule has 0 fully saturated rings. The lowest BCUT2D eigenvalue weighted by Crippen LogP contribution is -2.36. The third-order valence-electron chi connectivity index (χ3n) is 6.01. The summed E-state index contributed by atoms with van der Waals surface area (Å²) in [5.41, 5.74) is 4.19. The standard InChI is InChI=1S/C28H35NO6S/c1-20-9-13-23(14-10-20)36(32,33)29-18-17-25-22(19-29)12-11-21(7-6-8-26(30)34-5)24(25)15-16-27(31)35-28(2,3)4/h9-16H,6-8,17-19H2,1-5H3/b16-15+. The highest BCUT2D eigenvalue weighted by Crippen LogP contribution is 2.31. The molecule has 7 nitrogen and oxygen atoms in total. The van der Waals surface area contributed by atoms with Crippen LogP contribution in [0.4, 0.5) is 0 Å². The summed E-state index contributed by atoms with van der Waals surface area (Å²) in [7, 11) is -2.26. The van der Waals surface area contributed by atoms with E-state index in [0.29, 0.717) is 32.2 Å². The number of nitrogens with zero attached hydrogens (tertiary/aromatic N) is 1. The molecule has 0 aliphatic carbocycles. The molecular formula is C28H35NO6S. The minimum absolute atomic E-state index is 0.251. The van der Waals surface area contributed by atoms with Crippen LogP contribution in [0.1, 0.15) is 61.4 Å². The van der Waals surface area contributed by atoms with Gasteiger partial charge in [0, 0.05) is 25.6 Å². The van der Waals surface area contributed by atoms with E-state index >= 15 is 0 Å². The number of fused-ring (bicyclic) bond motifs is 1. The highest BCUT2D eigenvalue weighted by Gasteiger charge is 2.29. The van der Waals surface area contributed by atoms with E-state index in [-0.39, 0.29) is 17.4 Å². The molecule has 8 heteroatoms. The Labute approximate surface area is 214 Å². The fourth-order valence-electron chi connectivity index (χ4n) is 4.21. The average Bonchev–Trinajstić information content (AvgIpc) is 2.81. The van der Waals surface area contributed by atoms with Gasteiger partial charge in [0.05, 0.1) is 12.0 Å². The average molecular weight is 514 g/mol. The second-order valence-corrected chi connectivity index (χ2v) is 11.9. The fraction of sp³-hybridized carbons (Fsp3) is 0.429. The van der Waals surface area contributed by atoms with Gasteiger partial charge in [0.25, 0.3) is 0 Å². The molecule has 0 radical (unpaired) electrons. The zero-order chi connectivity index (χ0) is 26.5. The molecule has 0 atom stereocenters. The number of aryl methyl sites for hydroxylation is 2. The highest BCUT2D eigenvalue weighted by molar-refractivity contribution is 7.89. The predicted molar refractivity (Wildman–Crippen MR) is 139 cm³/mol. The summed E-state index contributed by atoms with van der Waals surface area (Å²) in [5.74, 6) is -0.712. The van der Waals surface area contributed by atoms with Crippen LogP contribution in [0.5, 0.6) is 0 Å². The van der Waals surface area contributed by atoms with Gasteiger partial charge >= 0.3 is 11.9 Å². The smallest absolute Gasteiger partial charge is 0.331 e. The fourth-order valence-corrected chi connectivity index (χ4v) is 5.63. The van der Waals surface area contributed by atoms with E-state index in [2.05, 4.69) is 0 Å². The third kappa shape index (κ3) is 7.04. The van der Waals surface area contributed by atoms with Gasteiger partial charge in [-0.3, -0.25) is 4.79 Å². The van der Waals surface area contributed by atoms with Crippen LogP contribution in [0, 0.1) is 6.92 Å². The Morgan fingerprint density at radius 3 is 2.42 bits per heavy atom. The molecule has 194 valence electrons. The van der Waals surface area contributed by atoms with Gasteiger partial charge in [0.2, 0.25) is 10.0 Å². The number of carbonyl (C=O) groups excluding carboxylic acids is 2. The molecule has 36 heavy (non-hydrogen) atoms. The van der Waals surface area contributed by atoms with Gasteiger partial charge in [-0.25, -0.2) is 13.2 Å². The largest absolute Gasteiger partial charge is 0.469 e. The van der Waals surface area contributed by atoms with Crippen LogP contribution >= 0.6 is 0 Å². The lowest BCUT2D eigenvalue weighted by molar-refractivity contribution is -0.148. The molecule has 0 aromatic heterocycles. The molecule has 3 rings (SSSR count). The second-order valence-electron chi connectivity index (χ2n) is 9.97. The maximum absolute atomic E-state index is 13.2. The zero-order valence-electron chi connectivity index (χ0n) is 21.7. The van der Waals surface area contributed by atoms with Crippen LogP contribution < -0.4 is 0 Å². The summed E-state index contributed by atoms with van der Waals surface area (Å²) in [6.07, 6.45) is 5.21. The number of rotatable bonds is 8. The molecule has 2 aromatic carbocycles. The quantitative estimate of drug-likeness (QED) is 0.379. The van der Waals surface area contributed by atoms with E-state index in [1.807, 2.05) is 39.8 Å². The molecule has 0 saturated carbocycles. The van der Waals surface area contributed by atoms with Crippen LogP contribution in [0.2, 0.25) is 0 Å². The Hall–Kier alpha value is -2.97. The van der Waals surface area contributed by atoms with E-state index in [0.717, 1.165) is 27.8 Å². The van der Waals surface area contributed by atoms with Crippen molar-refractivity contribution in [3.8, 4) is 0 Å². The summed E-state index contributed by atoms with van der Waals surface area (Å²) >= 11 is 0. The number of hydrogen-bond donors (Lipinski definition) is 0. The lowest BCUT2D eigenvalue weighted by Gasteiger charge is -2.30. The first kappa shape index (κ1) is 27.6. The van der Waals surface area contributed by atoms with Gasteiger partial charge in [-0.15, -0.1) is 0 Å². The number of esters is 2. The number of carbonyl (C=O) groups is 2. The van der Waals surface area contributed by atoms with Crippen LogP contribution in [0.3, 0.4) is 0 Å². The molecule has 0 N–H and O–H groups in total. The van der Waals surface area contributed by atoms with Gasteiger partial charge < -0.3 is 9.47 Å². The normalized spacial score (nSPS) is 14.5. The van der Waals surface area contributed by atoms with Gasteiger partial charge in [-0.05, 0) is 87.4 Å². The lowest BCUT2D eigenvalue weighted by atomic mass is 9.89. The van der Waals surface area contributed by atoms with Gasteiger partial charge in [-0.1, -0.05) is 29.8 Å². The van der Waals surface area contributed by atoms with E-state index < -0.39 is 21.6 Å². The first-order chi connectivity index (χ1) is 16.9. The minimum Gasteiger partial charge on any atom is -0.469 e. The number of methoxy groups -OCH3 is 1. The SMILES string of the molecule is COC(=O)CCCc1ccc2c(c1/C=C/C(=O)OC(C)(C)C)CCN(S(=O)(=O)c1ccc(C)cc1)C2. The molecule has 0 unspecified atom stereocenters. The minimum atomic E-state index is -3.63. The summed E-state index contributed by atoms with van der Waals surface area (Å²) < 4.78 is 38.2. The maximum atomic E-state index is 13.2. The van der Waals surface area contributed by atoms with E-state index in [1.165, 1.54) is 17.5 Å². The number of benzene rings is 2. The molecule has 1 aliphatic rings. The summed E-state index contributed by atoms with van der Waals surface area (Å²) in [4.78, 5) is 24.2. The third-order valence-corrected chi connectivity index (χ3v) is 7.87. The number of sulfonamides is 1. The Balaban J connectivity index is 1.91. The van der Waals surface area contributed by atoms with Crippen molar-refractivity contribution in [1.29, 1.82) is 0 Å². The second kappa shape index (κ2) is 11.4. The highest BCUT2D eigenvalue weighted by atomic mass is 32.2. The van der Waals surface area contributed by atoms with Crippen molar-refractivity contribution >= 4 is 28.0 Å². The van der Waals surface area contributed by atoms with Crippen LogP contribution in [0.25, 0.3) is 6.08 Å². The first-order valence-corrected chi connectivity index (χ1v) is 13.5. The Kier molecular flexibility index (Phi) is 8.74. The number of hydrogen-bond acceptors (Lipinski definition) is 6. The van der Waals surface area contributed by atoms with E-state index in [9.17, 15) is 18.0 Å². The van der Waals surface area contributed by atoms with Crippen molar-refractivity contribution in [1.82, 2.24) is 4.31 Å². The Bertz CT molecular complexity index is 1240. The maximum Gasteiger partial charge on any atom is 0.331 e. The predicted octanol–water partition coefficient (Wildman–Crippen LogP) is 4.59. The molecule has 2 aromatic rings. The van der Waals surface area contributed by atoms with Gasteiger partial charge in [-0.2, -0.15) is 4.31 Å². The summed E-state index contributed by atoms with van der Waals surface area (Å²) in [6, 6.07) is 10.8. The van der Waals surface area contributed by atoms with Crippen molar-refractivity contribution in [2.24, 2.45) is 0 Å². The van der Waals surface area contributed by atoms with Crippen molar-refractivity contribution in [2.75, 3.05) is 13.7 Å². The van der Waals surface area contributed by atoms with Crippen molar-refractivity contribution in [3.63, 3.8) is 0 Å². The molecular weight excluding hydrogens is 478 g/mol. The molecule has 0 spiro atoms. The molecule has 0 amide bonds. The van der Waals surface area contributed by atoms with Gasteiger partial charge in [0.15, 0.2) is 0 Å². The van der Waals surface area contributed by atoms with E-state index in [1.54, 1.807) is 30.3 Å². The zero-order valence-corrected chi connectivity index (χ0v) is 22.5. The summed E-state index contributed by atoms with van der Waals surface area (Å²) in [6.45, 7) is 7.94. The Morgan fingerprint density at radius 2 is 1.78 bits per heavy atom. The molecule has 1 heterocycles. The number of ether oxygens (including phenoxy) is 2. The van der Waals surface area contributed by atoms with Crippen LogP contribution in [-0.2, 0) is 48.5 Å². The molecule has 0 bridgehead atoms. The van der Waals surface area contributed by atoms with Gasteiger partial charge in [0.1, 0.15) is 5.60 Å². The van der Waals surface area contributed by atoms with E-state index in [4.69, 9.17) is 9.47 Å². The topological polar surface area (TPSA) is 90.0 Å². The Morgan fingerprint density at radius 1 is 1.08 bits per heavy atom. The summed E-state index contributed by atoms with van der Waals surface area (Å²) in [5, 5.41) is 0. The van der Waals surface area contributed by atoms with Crippen molar-refractivity contribution in [3.05, 3.63) is 70.3 Å². The van der Waals surface area contributed by atoms with Crippen LogP contribution in [-0.4, -0.2) is 43.9 Å².